The van der Waals surface area contributed by atoms with Crippen molar-refractivity contribution in [2.24, 2.45) is 0 Å². The first-order valence-corrected chi connectivity index (χ1v) is 7.30. The van der Waals surface area contributed by atoms with E-state index in [2.05, 4.69) is 10.3 Å². The van der Waals surface area contributed by atoms with E-state index < -0.39 is 0 Å². The number of carbonyl (C=O) groups is 2. The molecule has 1 amide bonds. The Kier molecular flexibility index (Phi) is 4.70. The third kappa shape index (κ3) is 3.88. The number of aromatic nitrogens is 1. The molecule has 0 saturated carbocycles. The van der Waals surface area contributed by atoms with Crippen LogP contribution in [-0.4, -0.2) is 30.8 Å². The van der Waals surface area contributed by atoms with E-state index in [0.717, 1.165) is 11.4 Å². The van der Waals surface area contributed by atoms with Crippen LogP contribution in [0, 0.1) is 0 Å². The Labute approximate surface area is 127 Å². The number of hydrogen-bond acceptors (Lipinski definition) is 5. The van der Waals surface area contributed by atoms with Gasteiger partial charge in [0.15, 0.2) is 5.78 Å². The maximum atomic E-state index is 12.0. The fourth-order valence-corrected chi connectivity index (χ4v) is 2.55. The third-order valence-electron chi connectivity index (χ3n) is 2.90. The molecule has 0 radical (unpaired) electrons. The number of anilines is 1. The molecule has 0 bridgehead atoms. The molecule has 0 aliphatic heterocycles. The molecule has 5 nitrogen and oxygen atoms in total. The summed E-state index contributed by atoms with van der Waals surface area (Å²) in [5.41, 5.74) is 0.977. The highest BCUT2D eigenvalue weighted by Crippen LogP contribution is 2.17. The van der Waals surface area contributed by atoms with Gasteiger partial charge in [-0.15, -0.1) is 11.3 Å². The summed E-state index contributed by atoms with van der Waals surface area (Å²) < 4.78 is 0. The number of rotatable bonds is 5. The lowest BCUT2D eigenvalue weighted by Crippen LogP contribution is -2.22. The van der Waals surface area contributed by atoms with E-state index in [4.69, 9.17) is 0 Å². The average Bonchev–Trinajstić information content (AvgIpc) is 2.95. The summed E-state index contributed by atoms with van der Waals surface area (Å²) in [5, 5.41) is 2.85. The van der Waals surface area contributed by atoms with E-state index >= 15 is 0 Å². The second-order valence-corrected chi connectivity index (χ2v) is 5.90. The fraction of sp³-hybridized carbons (Fsp3) is 0.267. The predicted octanol–water partition coefficient (Wildman–Crippen LogP) is 2.34. The lowest BCUT2D eigenvalue weighted by atomic mass is 10.2. The number of Topliss-reactive ketones (excluding diaryl/α,β-unsaturated/α-hetero) is 1. The van der Waals surface area contributed by atoms with Crippen molar-refractivity contribution < 1.29 is 9.59 Å². The summed E-state index contributed by atoms with van der Waals surface area (Å²) in [5.74, 6) is 0.649. The van der Waals surface area contributed by atoms with E-state index in [1.165, 1.54) is 18.3 Å². The summed E-state index contributed by atoms with van der Waals surface area (Å²) in [7, 11) is 3.83. The zero-order valence-electron chi connectivity index (χ0n) is 12.2. The van der Waals surface area contributed by atoms with Crippen LogP contribution in [0.5, 0.6) is 0 Å². The predicted molar refractivity (Wildman–Crippen MR) is 84.1 cm³/mol. The number of carbonyl (C=O) groups excluding carboxylic acids is 2. The lowest BCUT2D eigenvalue weighted by Gasteiger charge is -2.12. The minimum Gasteiger partial charge on any atom is -0.363 e. The Balaban J connectivity index is 2.00. The molecule has 0 aliphatic rings. The van der Waals surface area contributed by atoms with E-state index in [1.54, 1.807) is 18.3 Å². The van der Waals surface area contributed by atoms with Crippen LogP contribution in [0.4, 0.5) is 5.82 Å². The SMILES string of the molecule is CC(=O)c1ccc(C(=O)NCc2ccnc(N(C)C)c2)s1. The maximum Gasteiger partial charge on any atom is 0.261 e. The second kappa shape index (κ2) is 6.49. The number of hydrogen-bond donors (Lipinski definition) is 1. The molecule has 2 aromatic heterocycles. The van der Waals surface area contributed by atoms with Crippen molar-refractivity contribution in [2.75, 3.05) is 19.0 Å². The Bertz CT molecular complexity index is 664. The normalized spacial score (nSPS) is 10.2. The van der Waals surface area contributed by atoms with Gasteiger partial charge in [-0.05, 0) is 36.8 Å². The molecule has 2 aromatic rings. The van der Waals surface area contributed by atoms with Crippen LogP contribution in [0.25, 0.3) is 0 Å². The van der Waals surface area contributed by atoms with Gasteiger partial charge < -0.3 is 10.2 Å². The molecule has 0 aromatic carbocycles. The van der Waals surface area contributed by atoms with Gasteiger partial charge in [-0.1, -0.05) is 0 Å². The van der Waals surface area contributed by atoms with Gasteiger partial charge in [0.25, 0.3) is 5.91 Å². The van der Waals surface area contributed by atoms with Crippen LogP contribution >= 0.6 is 11.3 Å². The number of amides is 1. The lowest BCUT2D eigenvalue weighted by molar-refractivity contribution is 0.0954. The summed E-state index contributed by atoms with van der Waals surface area (Å²) in [6, 6.07) is 7.14. The Morgan fingerprint density at radius 2 is 1.95 bits per heavy atom. The Hall–Kier alpha value is -2.21. The Morgan fingerprint density at radius 3 is 2.57 bits per heavy atom. The molecule has 0 atom stereocenters. The van der Waals surface area contributed by atoms with Crippen LogP contribution in [0.15, 0.2) is 30.5 Å². The summed E-state index contributed by atoms with van der Waals surface area (Å²) in [6.07, 6.45) is 1.72. The minimum absolute atomic E-state index is 0.0243. The molecule has 1 N–H and O–H groups in total. The summed E-state index contributed by atoms with van der Waals surface area (Å²) in [6.45, 7) is 1.92. The smallest absolute Gasteiger partial charge is 0.261 e. The van der Waals surface area contributed by atoms with Crippen molar-refractivity contribution in [3.8, 4) is 0 Å². The average molecular weight is 303 g/mol. The number of thiophene rings is 1. The van der Waals surface area contributed by atoms with Gasteiger partial charge in [0, 0.05) is 26.8 Å². The van der Waals surface area contributed by atoms with Gasteiger partial charge >= 0.3 is 0 Å². The first kappa shape index (κ1) is 15.2. The van der Waals surface area contributed by atoms with Gasteiger partial charge in [0.1, 0.15) is 5.82 Å². The van der Waals surface area contributed by atoms with Crippen LogP contribution in [-0.2, 0) is 6.54 Å². The van der Waals surface area contributed by atoms with E-state index in [1.807, 2.05) is 31.1 Å². The first-order valence-electron chi connectivity index (χ1n) is 6.48. The zero-order valence-corrected chi connectivity index (χ0v) is 13.0. The van der Waals surface area contributed by atoms with E-state index in [9.17, 15) is 9.59 Å². The molecular weight excluding hydrogens is 286 g/mol. The molecule has 0 aliphatic carbocycles. The van der Waals surface area contributed by atoms with Gasteiger partial charge in [-0.3, -0.25) is 9.59 Å². The highest BCUT2D eigenvalue weighted by Gasteiger charge is 2.11. The number of ketones is 1. The molecule has 2 rings (SSSR count). The van der Waals surface area contributed by atoms with Crippen LogP contribution < -0.4 is 10.2 Å². The third-order valence-corrected chi connectivity index (χ3v) is 4.08. The molecule has 21 heavy (non-hydrogen) atoms. The second-order valence-electron chi connectivity index (χ2n) is 4.82. The maximum absolute atomic E-state index is 12.0. The molecule has 110 valence electrons. The number of nitrogens with zero attached hydrogens (tertiary/aromatic N) is 2. The molecule has 0 spiro atoms. The van der Waals surface area contributed by atoms with Crippen molar-refractivity contribution in [3.05, 3.63) is 45.8 Å². The zero-order chi connectivity index (χ0) is 15.4. The number of pyridine rings is 1. The molecule has 6 heteroatoms. The molecule has 0 saturated heterocycles. The van der Waals surface area contributed by atoms with Crippen LogP contribution in [0.2, 0.25) is 0 Å². The van der Waals surface area contributed by atoms with Crippen molar-refractivity contribution in [2.45, 2.75) is 13.5 Å². The monoisotopic (exact) mass is 303 g/mol. The number of nitrogens with one attached hydrogen (secondary N) is 1. The van der Waals surface area contributed by atoms with Gasteiger partial charge in [0.05, 0.1) is 9.75 Å². The molecular formula is C15H17N3O2S. The highest BCUT2D eigenvalue weighted by atomic mass is 32.1. The largest absolute Gasteiger partial charge is 0.363 e. The Morgan fingerprint density at radius 1 is 1.24 bits per heavy atom. The van der Waals surface area contributed by atoms with Crippen molar-refractivity contribution in [3.63, 3.8) is 0 Å². The van der Waals surface area contributed by atoms with E-state index in [0.29, 0.717) is 16.3 Å². The topological polar surface area (TPSA) is 62.3 Å². The van der Waals surface area contributed by atoms with Crippen molar-refractivity contribution >= 4 is 28.8 Å². The summed E-state index contributed by atoms with van der Waals surface area (Å²) >= 11 is 1.21. The molecule has 2 heterocycles. The van der Waals surface area contributed by atoms with Crippen LogP contribution in [0.1, 0.15) is 31.8 Å². The summed E-state index contributed by atoms with van der Waals surface area (Å²) in [4.78, 5) is 30.5. The van der Waals surface area contributed by atoms with Gasteiger partial charge in [-0.25, -0.2) is 4.98 Å². The standard InChI is InChI=1S/C15H17N3O2S/c1-10(19)12-4-5-13(21-12)15(20)17-9-11-6-7-16-14(8-11)18(2)3/h4-8H,9H2,1-3H3,(H,17,20). The van der Waals surface area contributed by atoms with Gasteiger partial charge in [0.2, 0.25) is 0 Å². The van der Waals surface area contributed by atoms with Gasteiger partial charge in [-0.2, -0.15) is 0 Å². The fourth-order valence-electron chi connectivity index (χ4n) is 1.73. The minimum atomic E-state index is -0.171. The van der Waals surface area contributed by atoms with Crippen molar-refractivity contribution in [1.29, 1.82) is 0 Å². The molecule has 0 unspecified atom stereocenters. The first-order chi connectivity index (χ1) is 9.97. The highest BCUT2D eigenvalue weighted by molar-refractivity contribution is 7.15. The van der Waals surface area contributed by atoms with Crippen molar-refractivity contribution in [1.82, 2.24) is 10.3 Å². The quantitative estimate of drug-likeness (QED) is 0.861. The molecule has 0 fully saturated rings. The van der Waals surface area contributed by atoms with E-state index in [-0.39, 0.29) is 11.7 Å². The van der Waals surface area contributed by atoms with Crippen LogP contribution in [0.3, 0.4) is 0 Å².